The standard InChI is InChI=1S/C26H33NO4S/c1-3-6-19-16-20(26(27)32)9-12-23(19)30-15-5-14-29-21-10-11-22-18(17-21)8-13-24(22)31-25(28)7-4-2/h9-12,16-17,24H,3-8,13-15H2,1-2H3,(H2,27,32)/t24-/m0/s1. The lowest BCUT2D eigenvalue weighted by atomic mass is 10.1. The maximum atomic E-state index is 11.8. The summed E-state index contributed by atoms with van der Waals surface area (Å²) >= 11 is 5.08. The lowest BCUT2D eigenvalue weighted by Crippen LogP contribution is -2.11. The summed E-state index contributed by atoms with van der Waals surface area (Å²) in [5, 5.41) is 0. The second kappa shape index (κ2) is 11.9. The number of benzene rings is 2. The first-order valence-corrected chi connectivity index (χ1v) is 11.9. The van der Waals surface area contributed by atoms with E-state index in [0.717, 1.165) is 66.7 Å². The highest BCUT2D eigenvalue weighted by atomic mass is 32.1. The van der Waals surface area contributed by atoms with E-state index in [2.05, 4.69) is 13.0 Å². The van der Waals surface area contributed by atoms with Crippen LogP contribution in [0.1, 0.15) is 74.3 Å². The molecule has 0 fully saturated rings. The molecule has 0 aromatic heterocycles. The Hall–Kier alpha value is -2.60. The Morgan fingerprint density at radius 3 is 2.66 bits per heavy atom. The average Bonchev–Trinajstić information content (AvgIpc) is 3.16. The van der Waals surface area contributed by atoms with Gasteiger partial charge in [0.05, 0.1) is 13.2 Å². The van der Waals surface area contributed by atoms with E-state index in [1.165, 1.54) is 5.56 Å². The van der Waals surface area contributed by atoms with Crippen molar-refractivity contribution in [1.29, 1.82) is 0 Å². The van der Waals surface area contributed by atoms with Crippen LogP contribution in [0.5, 0.6) is 11.5 Å². The molecule has 6 heteroatoms. The number of hydrogen-bond acceptors (Lipinski definition) is 5. The predicted molar refractivity (Wildman–Crippen MR) is 130 cm³/mol. The Morgan fingerprint density at radius 2 is 1.91 bits per heavy atom. The molecule has 5 nitrogen and oxygen atoms in total. The van der Waals surface area contributed by atoms with Gasteiger partial charge < -0.3 is 19.9 Å². The van der Waals surface area contributed by atoms with E-state index in [9.17, 15) is 4.79 Å². The van der Waals surface area contributed by atoms with E-state index >= 15 is 0 Å². The Kier molecular flexibility index (Phi) is 8.91. The third-order valence-corrected chi connectivity index (χ3v) is 5.78. The lowest BCUT2D eigenvalue weighted by Gasteiger charge is -2.14. The minimum absolute atomic E-state index is 0.117. The van der Waals surface area contributed by atoms with Crippen LogP contribution < -0.4 is 15.2 Å². The first-order chi connectivity index (χ1) is 15.5. The fourth-order valence-corrected chi connectivity index (χ4v) is 4.09. The molecule has 0 aliphatic heterocycles. The molecule has 1 aliphatic rings. The summed E-state index contributed by atoms with van der Waals surface area (Å²) in [5.74, 6) is 1.61. The van der Waals surface area contributed by atoms with Crippen molar-refractivity contribution in [2.24, 2.45) is 5.73 Å². The maximum absolute atomic E-state index is 11.8. The van der Waals surface area contributed by atoms with Gasteiger partial charge in [-0.2, -0.15) is 0 Å². The summed E-state index contributed by atoms with van der Waals surface area (Å²) in [5.41, 5.74) is 10.1. The first-order valence-electron chi connectivity index (χ1n) is 11.5. The van der Waals surface area contributed by atoms with Crippen LogP contribution in [0.25, 0.3) is 0 Å². The number of rotatable bonds is 12. The van der Waals surface area contributed by atoms with Gasteiger partial charge in [0.15, 0.2) is 0 Å². The van der Waals surface area contributed by atoms with Gasteiger partial charge in [0.2, 0.25) is 0 Å². The SMILES string of the molecule is CCCC(=O)O[C@H]1CCc2cc(OCCCOc3ccc(C(N)=S)cc3CCC)ccc21. The lowest BCUT2D eigenvalue weighted by molar-refractivity contribution is -0.149. The van der Waals surface area contributed by atoms with E-state index in [4.69, 9.17) is 32.2 Å². The molecule has 0 amide bonds. The molecule has 3 rings (SSSR count). The van der Waals surface area contributed by atoms with Crippen molar-refractivity contribution >= 4 is 23.2 Å². The first kappa shape index (κ1) is 24.1. The maximum Gasteiger partial charge on any atom is 0.306 e. The predicted octanol–water partition coefficient (Wildman–Crippen LogP) is 5.45. The number of aryl methyl sites for hydroxylation is 2. The van der Waals surface area contributed by atoms with Crippen molar-refractivity contribution < 1.29 is 19.0 Å². The van der Waals surface area contributed by atoms with Gasteiger partial charge >= 0.3 is 5.97 Å². The second-order valence-corrected chi connectivity index (χ2v) is 8.55. The zero-order chi connectivity index (χ0) is 22.9. The molecule has 0 saturated heterocycles. The van der Waals surface area contributed by atoms with Crippen molar-refractivity contribution in [2.45, 2.75) is 64.9 Å². The molecule has 0 spiro atoms. The molecule has 0 unspecified atom stereocenters. The molecule has 0 saturated carbocycles. The van der Waals surface area contributed by atoms with Crippen LogP contribution in [0.3, 0.4) is 0 Å². The minimum Gasteiger partial charge on any atom is -0.493 e. The molecular formula is C26H33NO4S. The zero-order valence-corrected chi connectivity index (χ0v) is 19.8. The molecule has 0 heterocycles. The zero-order valence-electron chi connectivity index (χ0n) is 19.0. The van der Waals surface area contributed by atoms with E-state index < -0.39 is 0 Å². The van der Waals surface area contributed by atoms with Crippen LogP contribution in [-0.2, 0) is 22.4 Å². The van der Waals surface area contributed by atoms with E-state index in [1.807, 2.05) is 37.3 Å². The monoisotopic (exact) mass is 455 g/mol. The molecule has 1 aliphatic carbocycles. The van der Waals surface area contributed by atoms with Crippen molar-refractivity contribution in [3.63, 3.8) is 0 Å². The van der Waals surface area contributed by atoms with Crippen molar-refractivity contribution in [2.75, 3.05) is 13.2 Å². The summed E-state index contributed by atoms with van der Waals surface area (Å²) in [4.78, 5) is 12.2. The van der Waals surface area contributed by atoms with Gasteiger partial charge in [0, 0.05) is 18.4 Å². The number of ether oxygens (including phenoxy) is 3. The van der Waals surface area contributed by atoms with Gasteiger partial charge in [-0.05, 0) is 72.7 Å². The van der Waals surface area contributed by atoms with Crippen LogP contribution in [0.4, 0.5) is 0 Å². The molecule has 0 radical (unpaired) electrons. The Bertz CT molecular complexity index is 943. The van der Waals surface area contributed by atoms with Crippen molar-refractivity contribution in [3.05, 3.63) is 58.7 Å². The molecule has 2 aromatic carbocycles. The largest absolute Gasteiger partial charge is 0.493 e. The highest BCUT2D eigenvalue weighted by Gasteiger charge is 2.26. The quantitative estimate of drug-likeness (QED) is 0.261. The smallest absolute Gasteiger partial charge is 0.306 e. The summed E-state index contributed by atoms with van der Waals surface area (Å²) in [6.45, 7) is 5.26. The molecular weight excluding hydrogens is 422 g/mol. The molecule has 2 aromatic rings. The number of carbonyl (C=O) groups excluding carboxylic acids is 1. The topological polar surface area (TPSA) is 70.8 Å². The summed E-state index contributed by atoms with van der Waals surface area (Å²) < 4.78 is 17.5. The van der Waals surface area contributed by atoms with Crippen LogP contribution in [0.15, 0.2) is 36.4 Å². The number of carbonyl (C=O) groups is 1. The molecule has 2 N–H and O–H groups in total. The van der Waals surface area contributed by atoms with Crippen molar-refractivity contribution in [3.8, 4) is 11.5 Å². The average molecular weight is 456 g/mol. The van der Waals surface area contributed by atoms with Gasteiger partial charge in [-0.15, -0.1) is 0 Å². The van der Waals surface area contributed by atoms with Crippen LogP contribution in [0.2, 0.25) is 0 Å². The Balaban J connectivity index is 1.47. The second-order valence-electron chi connectivity index (χ2n) is 8.12. The number of nitrogens with two attached hydrogens (primary N) is 1. The molecule has 1 atom stereocenters. The Morgan fingerprint density at radius 1 is 1.09 bits per heavy atom. The van der Waals surface area contributed by atoms with Crippen molar-refractivity contribution in [1.82, 2.24) is 0 Å². The summed E-state index contributed by atoms with van der Waals surface area (Å²) in [7, 11) is 0. The van der Waals surface area contributed by atoms with Crippen LogP contribution >= 0.6 is 12.2 Å². The van der Waals surface area contributed by atoms with Crippen LogP contribution in [0, 0.1) is 0 Å². The van der Waals surface area contributed by atoms with E-state index in [-0.39, 0.29) is 12.1 Å². The van der Waals surface area contributed by atoms with E-state index in [0.29, 0.717) is 24.6 Å². The summed E-state index contributed by atoms with van der Waals surface area (Å²) in [6.07, 6.45) is 5.63. The van der Waals surface area contributed by atoms with E-state index in [1.54, 1.807) is 0 Å². The van der Waals surface area contributed by atoms with Gasteiger partial charge in [-0.1, -0.05) is 38.6 Å². The highest BCUT2D eigenvalue weighted by Crippen LogP contribution is 2.36. The molecule has 172 valence electrons. The van der Waals surface area contributed by atoms with Gasteiger partial charge in [0.25, 0.3) is 0 Å². The molecule has 0 bridgehead atoms. The van der Waals surface area contributed by atoms with Gasteiger partial charge in [0.1, 0.15) is 22.6 Å². The van der Waals surface area contributed by atoms with Crippen LogP contribution in [-0.4, -0.2) is 24.2 Å². The fourth-order valence-electron chi connectivity index (χ4n) is 3.96. The fraction of sp³-hybridized carbons (Fsp3) is 0.462. The minimum atomic E-state index is -0.121. The third-order valence-electron chi connectivity index (χ3n) is 5.54. The highest BCUT2D eigenvalue weighted by molar-refractivity contribution is 7.80. The van der Waals surface area contributed by atoms with Gasteiger partial charge in [-0.25, -0.2) is 0 Å². The van der Waals surface area contributed by atoms with Gasteiger partial charge in [-0.3, -0.25) is 4.79 Å². The number of thiocarbonyl (C=S) groups is 1. The molecule has 32 heavy (non-hydrogen) atoms. The Labute approximate surface area is 196 Å². The number of fused-ring (bicyclic) bond motifs is 1. The number of hydrogen-bond donors (Lipinski definition) is 1. The normalized spacial score (nSPS) is 14.6. The summed E-state index contributed by atoms with van der Waals surface area (Å²) in [6, 6.07) is 11.9. The third kappa shape index (κ3) is 6.45. The number of esters is 1.